The number of amides is 1. The van der Waals surface area contributed by atoms with Gasteiger partial charge in [0.1, 0.15) is 23.6 Å². The zero-order chi connectivity index (χ0) is 25.1. The molecule has 0 fully saturated rings. The van der Waals surface area contributed by atoms with Gasteiger partial charge in [0.15, 0.2) is 0 Å². The fourth-order valence-corrected chi connectivity index (χ4v) is 4.40. The molecule has 7 heteroatoms. The minimum absolute atomic E-state index is 0.141. The Morgan fingerprint density at radius 1 is 0.944 bits per heavy atom. The fraction of sp³-hybridized carbons (Fsp3) is 0.138. The Bertz CT molecular complexity index is 1590. The molecule has 5 rings (SSSR count). The molecule has 1 N–H and O–H groups in total. The monoisotopic (exact) mass is 478 g/mol. The van der Waals surface area contributed by atoms with E-state index in [1.807, 2.05) is 91.9 Å². The molecule has 0 saturated heterocycles. The maximum atomic E-state index is 13.2. The SMILES string of the molecule is COc1ccccc1CNC(=O)Cn1c(=O)cc(C)c2c(-c3ccccc3)nn(-c3ccccc3)c21. The van der Waals surface area contributed by atoms with Crippen molar-refractivity contribution in [1.29, 1.82) is 0 Å². The molecule has 2 aromatic heterocycles. The Morgan fingerprint density at radius 3 is 2.33 bits per heavy atom. The summed E-state index contributed by atoms with van der Waals surface area (Å²) in [6, 6.07) is 28.6. The molecular formula is C29H26N4O3. The van der Waals surface area contributed by atoms with Gasteiger partial charge in [-0.25, -0.2) is 4.68 Å². The van der Waals surface area contributed by atoms with Crippen LogP contribution in [0.1, 0.15) is 11.1 Å². The molecule has 7 nitrogen and oxygen atoms in total. The average molecular weight is 479 g/mol. The first-order valence-corrected chi connectivity index (χ1v) is 11.7. The molecule has 0 unspecified atom stereocenters. The Labute approximate surface area is 208 Å². The van der Waals surface area contributed by atoms with Gasteiger partial charge < -0.3 is 10.1 Å². The van der Waals surface area contributed by atoms with E-state index >= 15 is 0 Å². The lowest BCUT2D eigenvalue weighted by atomic mass is 10.1. The minimum Gasteiger partial charge on any atom is -0.496 e. The van der Waals surface area contributed by atoms with Gasteiger partial charge in [-0.15, -0.1) is 0 Å². The number of benzene rings is 3. The minimum atomic E-state index is -0.282. The van der Waals surface area contributed by atoms with E-state index in [1.54, 1.807) is 17.9 Å². The number of hydrogen-bond acceptors (Lipinski definition) is 4. The molecule has 0 saturated carbocycles. The van der Waals surface area contributed by atoms with Crippen molar-refractivity contribution in [2.45, 2.75) is 20.0 Å². The second-order valence-electron chi connectivity index (χ2n) is 8.50. The molecule has 180 valence electrons. The molecule has 2 heterocycles. The molecule has 0 radical (unpaired) electrons. The number of aryl methyl sites for hydroxylation is 1. The maximum Gasteiger partial charge on any atom is 0.252 e. The molecule has 3 aromatic carbocycles. The third-order valence-corrected chi connectivity index (χ3v) is 6.14. The van der Waals surface area contributed by atoms with E-state index in [-0.39, 0.29) is 18.0 Å². The average Bonchev–Trinajstić information content (AvgIpc) is 3.32. The van der Waals surface area contributed by atoms with Crippen LogP contribution in [0, 0.1) is 6.92 Å². The maximum absolute atomic E-state index is 13.2. The predicted octanol–water partition coefficient (Wildman–Crippen LogP) is 4.49. The van der Waals surface area contributed by atoms with Crippen LogP contribution < -0.4 is 15.6 Å². The summed E-state index contributed by atoms with van der Waals surface area (Å²) in [7, 11) is 1.60. The molecule has 0 aliphatic carbocycles. The quantitative estimate of drug-likeness (QED) is 0.374. The molecule has 0 aliphatic heterocycles. The van der Waals surface area contributed by atoms with Crippen LogP contribution in [-0.2, 0) is 17.9 Å². The van der Waals surface area contributed by atoms with E-state index in [0.717, 1.165) is 33.5 Å². The van der Waals surface area contributed by atoms with E-state index in [4.69, 9.17) is 9.84 Å². The Kier molecular flexibility index (Phi) is 6.36. The largest absolute Gasteiger partial charge is 0.496 e. The van der Waals surface area contributed by atoms with Crippen LogP contribution in [-0.4, -0.2) is 27.4 Å². The van der Waals surface area contributed by atoms with Gasteiger partial charge in [0, 0.05) is 29.1 Å². The van der Waals surface area contributed by atoms with Crippen LogP contribution in [0.4, 0.5) is 0 Å². The molecule has 0 aliphatic rings. The molecule has 5 aromatic rings. The van der Waals surface area contributed by atoms with E-state index in [9.17, 15) is 9.59 Å². The van der Waals surface area contributed by atoms with Gasteiger partial charge >= 0.3 is 0 Å². The van der Waals surface area contributed by atoms with Crippen molar-refractivity contribution in [3.8, 4) is 22.7 Å². The van der Waals surface area contributed by atoms with E-state index in [0.29, 0.717) is 17.9 Å². The molecule has 0 atom stereocenters. The molecule has 0 spiro atoms. The van der Waals surface area contributed by atoms with Crippen molar-refractivity contribution in [3.05, 3.63) is 112 Å². The Morgan fingerprint density at radius 2 is 1.61 bits per heavy atom. The highest BCUT2D eigenvalue weighted by molar-refractivity contribution is 5.95. The van der Waals surface area contributed by atoms with Crippen molar-refractivity contribution in [3.63, 3.8) is 0 Å². The van der Waals surface area contributed by atoms with Gasteiger partial charge in [-0.2, -0.15) is 5.10 Å². The summed E-state index contributed by atoms with van der Waals surface area (Å²) in [6.45, 7) is 2.05. The summed E-state index contributed by atoms with van der Waals surface area (Å²) in [5.41, 5.74) is 4.48. The Balaban J connectivity index is 1.60. The first kappa shape index (κ1) is 23.1. The number of nitrogens with one attached hydrogen (secondary N) is 1. The lowest BCUT2D eigenvalue weighted by molar-refractivity contribution is -0.121. The van der Waals surface area contributed by atoms with Crippen molar-refractivity contribution in [2.75, 3.05) is 7.11 Å². The zero-order valence-electron chi connectivity index (χ0n) is 20.1. The summed E-state index contributed by atoms with van der Waals surface area (Å²) < 4.78 is 8.62. The van der Waals surface area contributed by atoms with Gasteiger partial charge in [0.25, 0.3) is 5.56 Å². The summed E-state index contributed by atoms with van der Waals surface area (Å²) in [6.07, 6.45) is 0. The number of pyridine rings is 1. The summed E-state index contributed by atoms with van der Waals surface area (Å²) in [4.78, 5) is 26.3. The molecule has 0 bridgehead atoms. The van der Waals surface area contributed by atoms with Crippen molar-refractivity contribution in [2.24, 2.45) is 0 Å². The third-order valence-electron chi connectivity index (χ3n) is 6.14. The molecule has 36 heavy (non-hydrogen) atoms. The number of aromatic nitrogens is 3. The van der Waals surface area contributed by atoms with E-state index in [1.165, 1.54) is 4.57 Å². The number of carbonyl (C=O) groups is 1. The predicted molar refractivity (Wildman–Crippen MR) is 140 cm³/mol. The smallest absolute Gasteiger partial charge is 0.252 e. The van der Waals surface area contributed by atoms with Crippen LogP contribution in [0.25, 0.3) is 28.0 Å². The van der Waals surface area contributed by atoms with Crippen LogP contribution in [0.3, 0.4) is 0 Å². The first-order valence-electron chi connectivity index (χ1n) is 11.7. The summed E-state index contributed by atoms with van der Waals surface area (Å²) in [5, 5.41) is 8.68. The van der Waals surface area contributed by atoms with Crippen molar-refractivity contribution < 1.29 is 9.53 Å². The Hall–Kier alpha value is -4.65. The highest BCUT2D eigenvalue weighted by Gasteiger charge is 2.21. The highest BCUT2D eigenvalue weighted by atomic mass is 16.5. The number of rotatable bonds is 7. The second kappa shape index (κ2) is 9.92. The van der Waals surface area contributed by atoms with Gasteiger partial charge in [-0.3, -0.25) is 14.2 Å². The molecule has 1 amide bonds. The lowest BCUT2D eigenvalue weighted by Gasteiger charge is -2.13. The van der Waals surface area contributed by atoms with Gasteiger partial charge in [0.2, 0.25) is 5.91 Å². The number of fused-ring (bicyclic) bond motifs is 1. The third kappa shape index (κ3) is 4.38. The summed E-state index contributed by atoms with van der Waals surface area (Å²) >= 11 is 0. The van der Waals surface area contributed by atoms with E-state index < -0.39 is 0 Å². The zero-order valence-corrected chi connectivity index (χ0v) is 20.1. The normalized spacial score (nSPS) is 10.9. The second-order valence-corrected chi connectivity index (χ2v) is 8.50. The lowest BCUT2D eigenvalue weighted by Crippen LogP contribution is -2.32. The van der Waals surface area contributed by atoms with E-state index in [2.05, 4.69) is 5.32 Å². The van der Waals surface area contributed by atoms with Crippen molar-refractivity contribution in [1.82, 2.24) is 19.7 Å². The highest BCUT2D eigenvalue weighted by Crippen LogP contribution is 2.31. The van der Waals surface area contributed by atoms with Crippen LogP contribution in [0.15, 0.2) is 95.8 Å². The van der Waals surface area contributed by atoms with Gasteiger partial charge in [-0.05, 0) is 30.7 Å². The van der Waals surface area contributed by atoms with Crippen molar-refractivity contribution >= 4 is 16.9 Å². The number of methoxy groups -OCH3 is 1. The van der Waals surface area contributed by atoms with Gasteiger partial charge in [0.05, 0.1) is 12.8 Å². The fourth-order valence-electron chi connectivity index (χ4n) is 4.40. The number of para-hydroxylation sites is 2. The summed E-state index contributed by atoms with van der Waals surface area (Å²) in [5.74, 6) is 0.414. The van der Waals surface area contributed by atoms with Crippen LogP contribution in [0.2, 0.25) is 0 Å². The van der Waals surface area contributed by atoms with Crippen LogP contribution in [0.5, 0.6) is 5.75 Å². The van der Waals surface area contributed by atoms with Crippen LogP contribution >= 0.6 is 0 Å². The standard InChI is InChI=1S/C29H26N4O3/c1-20-17-26(35)32(19-25(34)30-18-22-13-9-10-16-24(22)36-2)29-27(20)28(21-11-5-3-6-12-21)31-33(29)23-14-7-4-8-15-23/h3-17H,18-19H2,1-2H3,(H,30,34). The number of hydrogen-bond donors (Lipinski definition) is 1. The number of ether oxygens (including phenoxy) is 1. The van der Waals surface area contributed by atoms with Gasteiger partial charge in [-0.1, -0.05) is 66.7 Å². The molecular weight excluding hydrogens is 452 g/mol. The first-order chi connectivity index (χ1) is 17.6. The topological polar surface area (TPSA) is 78.2 Å². The number of nitrogens with zero attached hydrogens (tertiary/aromatic N) is 3. The number of carbonyl (C=O) groups excluding carboxylic acids is 1.